The summed E-state index contributed by atoms with van der Waals surface area (Å²) in [5, 5.41) is 26.5. The molecule has 1 N–H and O–H groups in total. The largest absolute Gasteiger partial charge is 0.380 e. The van der Waals surface area contributed by atoms with Crippen LogP contribution in [0, 0.1) is 17.2 Å². The molecule has 9 nitrogen and oxygen atoms in total. The number of halogens is 1. The van der Waals surface area contributed by atoms with E-state index in [9.17, 15) is 4.39 Å². The number of anilines is 1. The zero-order chi connectivity index (χ0) is 23.7. The molecule has 0 aliphatic heterocycles. The molecule has 0 bridgehead atoms. The van der Waals surface area contributed by atoms with Gasteiger partial charge in [-0.2, -0.15) is 15.0 Å². The minimum Gasteiger partial charge on any atom is -0.380 e. The molecule has 10 heteroatoms. The van der Waals surface area contributed by atoms with Crippen LogP contribution >= 0.6 is 0 Å². The topological polar surface area (TPSA) is 110 Å². The van der Waals surface area contributed by atoms with Gasteiger partial charge in [0.05, 0.1) is 35.5 Å². The van der Waals surface area contributed by atoms with E-state index in [2.05, 4.69) is 50.6 Å². The van der Waals surface area contributed by atoms with Crippen molar-refractivity contribution in [3.05, 3.63) is 48.2 Å². The van der Waals surface area contributed by atoms with Gasteiger partial charge in [0.2, 0.25) is 0 Å². The van der Waals surface area contributed by atoms with E-state index in [4.69, 9.17) is 5.26 Å². The van der Waals surface area contributed by atoms with E-state index in [1.165, 1.54) is 6.20 Å². The molecule has 34 heavy (non-hydrogen) atoms. The normalized spacial score (nSPS) is 18.0. The maximum atomic E-state index is 13.9. The van der Waals surface area contributed by atoms with E-state index in [1.807, 2.05) is 12.3 Å². The van der Waals surface area contributed by atoms with Crippen LogP contribution in [0.2, 0.25) is 0 Å². The molecule has 174 valence electrons. The first-order valence-corrected chi connectivity index (χ1v) is 11.6. The molecule has 4 aromatic heterocycles. The van der Waals surface area contributed by atoms with Crippen LogP contribution in [0.3, 0.4) is 0 Å². The summed E-state index contributed by atoms with van der Waals surface area (Å²) in [6.45, 7) is 4.37. The summed E-state index contributed by atoms with van der Waals surface area (Å²) < 4.78 is 17.2. The van der Waals surface area contributed by atoms with E-state index >= 15 is 0 Å². The number of aryl methyl sites for hydroxylation is 1. The van der Waals surface area contributed by atoms with Crippen molar-refractivity contribution < 1.29 is 4.39 Å². The summed E-state index contributed by atoms with van der Waals surface area (Å²) in [4.78, 5) is 9.01. The minimum atomic E-state index is -0.787. The zero-order valence-electron chi connectivity index (χ0n) is 19.2. The number of nitrogens with zero attached hydrogens (tertiary/aromatic N) is 8. The highest BCUT2D eigenvalue weighted by atomic mass is 19.1. The minimum absolute atomic E-state index is 0.0265. The quantitative estimate of drug-likeness (QED) is 0.442. The third-order valence-corrected chi connectivity index (χ3v) is 6.12. The van der Waals surface area contributed by atoms with Crippen molar-refractivity contribution in [2.45, 2.75) is 58.2 Å². The molecule has 0 amide bonds. The van der Waals surface area contributed by atoms with Crippen LogP contribution in [0.1, 0.15) is 50.8 Å². The van der Waals surface area contributed by atoms with E-state index in [0.29, 0.717) is 35.8 Å². The Labute approximate surface area is 196 Å². The molecule has 1 fully saturated rings. The standard InChI is InChI=1S/C24H26FN9/c1-15(2)3-5-20-14-33(32-31-20)22-13-27-23(9-21(22)30-19-6-4-18(25)8-19)34-24-17(12-29-34)7-16(10-26)11-28-24/h7,9,11-15,18-19H,3-6,8H2,1-2H3,(H,27,30)/t18-,19+/m1/s1. The van der Waals surface area contributed by atoms with Crippen molar-refractivity contribution in [3.63, 3.8) is 0 Å². The van der Waals surface area contributed by atoms with Gasteiger partial charge in [-0.25, -0.2) is 19.0 Å². The van der Waals surface area contributed by atoms with E-state index in [1.54, 1.807) is 27.8 Å². The molecule has 0 aromatic carbocycles. The van der Waals surface area contributed by atoms with Crippen LogP contribution in [0.15, 0.2) is 36.9 Å². The third-order valence-electron chi connectivity index (χ3n) is 6.12. The summed E-state index contributed by atoms with van der Waals surface area (Å²) in [6, 6.07) is 5.74. The van der Waals surface area contributed by atoms with Crippen LogP contribution in [0.5, 0.6) is 0 Å². The maximum absolute atomic E-state index is 13.9. The van der Waals surface area contributed by atoms with Gasteiger partial charge in [0.25, 0.3) is 0 Å². The van der Waals surface area contributed by atoms with Crippen LogP contribution in [0.25, 0.3) is 22.5 Å². The zero-order valence-corrected chi connectivity index (χ0v) is 19.2. The van der Waals surface area contributed by atoms with E-state index in [0.717, 1.165) is 41.7 Å². The Morgan fingerprint density at radius 3 is 2.85 bits per heavy atom. The van der Waals surface area contributed by atoms with Crippen molar-refractivity contribution in [1.82, 2.24) is 34.7 Å². The highest BCUT2D eigenvalue weighted by molar-refractivity contribution is 5.77. The summed E-state index contributed by atoms with van der Waals surface area (Å²) >= 11 is 0. The lowest BCUT2D eigenvalue weighted by Gasteiger charge is -2.17. The SMILES string of the molecule is CC(C)CCc1cn(-c2cnc(-n3ncc4cc(C#N)cnc43)cc2N[C@H]2CC[C@@H](F)C2)nn1. The molecule has 1 aliphatic carbocycles. The fraction of sp³-hybridized carbons (Fsp3) is 0.417. The van der Waals surface area contributed by atoms with Gasteiger partial charge in [-0.05, 0) is 44.1 Å². The van der Waals surface area contributed by atoms with Crippen molar-refractivity contribution in [1.29, 1.82) is 5.26 Å². The number of nitriles is 1. The number of alkyl halides is 1. The molecule has 0 spiro atoms. The molecule has 0 radical (unpaired) electrons. The molecule has 2 atom stereocenters. The monoisotopic (exact) mass is 459 g/mol. The lowest BCUT2D eigenvalue weighted by atomic mass is 10.1. The average molecular weight is 460 g/mol. The van der Waals surface area contributed by atoms with Gasteiger partial charge < -0.3 is 5.32 Å². The van der Waals surface area contributed by atoms with Gasteiger partial charge in [-0.15, -0.1) is 5.10 Å². The predicted molar refractivity (Wildman–Crippen MR) is 126 cm³/mol. The fourth-order valence-electron chi connectivity index (χ4n) is 4.25. The molecule has 4 heterocycles. The maximum Gasteiger partial charge on any atom is 0.164 e. The number of aromatic nitrogens is 7. The number of hydrogen-bond donors (Lipinski definition) is 1. The van der Waals surface area contributed by atoms with Gasteiger partial charge in [0.1, 0.15) is 17.9 Å². The van der Waals surface area contributed by atoms with Crippen LogP contribution in [0.4, 0.5) is 10.1 Å². The van der Waals surface area contributed by atoms with Gasteiger partial charge in [-0.1, -0.05) is 19.1 Å². The Kier molecular flexibility index (Phi) is 5.92. The second kappa shape index (κ2) is 9.17. The molecular weight excluding hydrogens is 433 g/mol. The second-order valence-electron chi connectivity index (χ2n) is 9.20. The molecule has 0 saturated heterocycles. The highest BCUT2D eigenvalue weighted by Crippen LogP contribution is 2.29. The van der Waals surface area contributed by atoms with Crippen LogP contribution in [-0.2, 0) is 6.42 Å². The van der Waals surface area contributed by atoms with E-state index in [-0.39, 0.29) is 6.04 Å². The Morgan fingerprint density at radius 1 is 1.21 bits per heavy atom. The highest BCUT2D eigenvalue weighted by Gasteiger charge is 2.25. The Hall–Kier alpha value is -3.87. The lowest BCUT2D eigenvalue weighted by Crippen LogP contribution is -2.18. The van der Waals surface area contributed by atoms with Gasteiger partial charge in [0, 0.05) is 23.7 Å². The number of fused-ring (bicyclic) bond motifs is 1. The number of pyridine rings is 2. The summed E-state index contributed by atoms with van der Waals surface area (Å²) in [7, 11) is 0. The predicted octanol–water partition coefficient (Wildman–Crippen LogP) is 4.16. The fourth-order valence-corrected chi connectivity index (χ4v) is 4.25. The van der Waals surface area contributed by atoms with Crippen molar-refractivity contribution in [2.24, 2.45) is 5.92 Å². The first-order valence-electron chi connectivity index (χ1n) is 11.6. The average Bonchev–Trinajstić information content (AvgIpc) is 3.57. The van der Waals surface area contributed by atoms with Gasteiger partial charge in [0.15, 0.2) is 11.5 Å². The van der Waals surface area contributed by atoms with Crippen LogP contribution in [-0.4, -0.2) is 47.0 Å². The molecule has 1 saturated carbocycles. The van der Waals surface area contributed by atoms with Crippen LogP contribution < -0.4 is 5.32 Å². The van der Waals surface area contributed by atoms with Gasteiger partial charge >= 0.3 is 0 Å². The van der Waals surface area contributed by atoms with Crippen molar-refractivity contribution >= 4 is 16.7 Å². The molecular formula is C24H26FN9. The third kappa shape index (κ3) is 4.46. The Bertz CT molecular complexity index is 1350. The first kappa shape index (κ1) is 21.9. The van der Waals surface area contributed by atoms with Gasteiger partial charge in [-0.3, -0.25) is 0 Å². The Balaban J connectivity index is 1.52. The first-order chi connectivity index (χ1) is 16.5. The molecule has 4 aromatic rings. The smallest absolute Gasteiger partial charge is 0.164 e. The molecule has 1 aliphatic rings. The number of rotatable bonds is 7. The summed E-state index contributed by atoms with van der Waals surface area (Å²) in [6.07, 6.45) is 9.71. The van der Waals surface area contributed by atoms with E-state index < -0.39 is 6.17 Å². The number of nitrogens with one attached hydrogen (secondary N) is 1. The van der Waals surface area contributed by atoms with Crippen molar-refractivity contribution in [3.8, 4) is 17.6 Å². The molecule has 5 rings (SSSR count). The summed E-state index contributed by atoms with van der Waals surface area (Å²) in [5.41, 5.74) is 3.52. The lowest BCUT2D eigenvalue weighted by molar-refractivity contribution is 0.341. The number of hydrogen-bond acceptors (Lipinski definition) is 7. The summed E-state index contributed by atoms with van der Waals surface area (Å²) in [5.74, 6) is 1.15. The Morgan fingerprint density at radius 2 is 2.09 bits per heavy atom. The van der Waals surface area contributed by atoms with Crippen molar-refractivity contribution in [2.75, 3.05) is 5.32 Å². The second-order valence-corrected chi connectivity index (χ2v) is 9.20. The molecule has 0 unspecified atom stereocenters.